The van der Waals surface area contributed by atoms with Crippen molar-refractivity contribution in [1.29, 1.82) is 0 Å². The van der Waals surface area contributed by atoms with Crippen molar-refractivity contribution in [3.63, 3.8) is 0 Å². The van der Waals surface area contributed by atoms with Gasteiger partial charge in [0.2, 0.25) is 5.91 Å². The first kappa shape index (κ1) is 17.8. The number of carbonyl (C=O) groups is 1. The minimum absolute atomic E-state index is 0.0263. The van der Waals surface area contributed by atoms with Crippen LogP contribution in [0.3, 0.4) is 0 Å². The lowest BCUT2D eigenvalue weighted by molar-refractivity contribution is -0.384. The maximum Gasteiger partial charge on any atom is 0.270 e. The van der Waals surface area contributed by atoms with E-state index < -0.39 is 4.92 Å². The van der Waals surface area contributed by atoms with Crippen LogP contribution in [0.25, 0.3) is 10.8 Å². The quantitative estimate of drug-likeness (QED) is 0.387. The number of non-ortho nitro benzene ring substituents is 1. The van der Waals surface area contributed by atoms with Crippen molar-refractivity contribution in [2.45, 2.75) is 6.42 Å². The molecule has 0 aliphatic heterocycles. The van der Waals surface area contributed by atoms with Crippen LogP contribution in [-0.4, -0.2) is 17.0 Å². The number of nitrogens with one attached hydrogen (secondary N) is 1. The van der Waals surface area contributed by atoms with Crippen LogP contribution in [0.4, 0.5) is 5.69 Å². The molecule has 0 aliphatic rings. The summed E-state index contributed by atoms with van der Waals surface area (Å²) in [4.78, 5) is 22.4. The van der Waals surface area contributed by atoms with E-state index in [0.717, 1.165) is 20.8 Å². The van der Waals surface area contributed by atoms with Crippen LogP contribution in [0.15, 0.2) is 70.2 Å². The second-order valence-electron chi connectivity index (χ2n) is 5.57. The van der Waals surface area contributed by atoms with Crippen LogP contribution in [0, 0.1) is 10.1 Å². The largest absolute Gasteiger partial charge is 0.273 e. The summed E-state index contributed by atoms with van der Waals surface area (Å²) in [5.74, 6) is -0.265. The Labute approximate surface area is 157 Å². The molecular formula is C19H14BrN3O3. The molecule has 7 heteroatoms. The molecule has 0 atom stereocenters. The van der Waals surface area contributed by atoms with Gasteiger partial charge in [-0.05, 0) is 22.4 Å². The Balaban J connectivity index is 1.69. The third-order valence-electron chi connectivity index (χ3n) is 3.80. The fourth-order valence-corrected chi connectivity index (χ4v) is 3.07. The predicted octanol–water partition coefficient (Wildman–Crippen LogP) is 4.20. The maximum absolute atomic E-state index is 12.2. The number of nitro groups is 1. The first-order chi connectivity index (χ1) is 12.5. The van der Waals surface area contributed by atoms with Gasteiger partial charge in [0.1, 0.15) is 0 Å². The van der Waals surface area contributed by atoms with Gasteiger partial charge in [-0.1, -0.05) is 58.4 Å². The van der Waals surface area contributed by atoms with Gasteiger partial charge in [-0.15, -0.1) is 0 Å². The minimum Gasteiger partial charge on any atom is -0.273 e. The Bertz CT molecular complexity index is 1020. The van der Waals surface area contributed by atoms with Gasteiger partial charge in [0.15, 0.2) is 0 Å². The predicted molar refractivity (Wildman–Crippen MR) is 104 cm³/mol. The van der Waals surface area contributed by atoms with Crippen molar-refractivity contribution in [1.82, 2.24) is 5.43 Å². The third-order valence-corrected chi connectivity index (χ3v) is 4.49. The number of carbonyl (C=O) groups excluding carboxylic acids is 1. The summed E-state index contributed by atoms with van der Waals surface area (Å²) in [5, 5.41) is 16.7. The van der Waals surface area contributed by atoms with E-state index in [2.05, 4.69) is 26.5 Å². The summed E-state index contributed by atoms with van der Waals surface area (Å²) >= 11 is 3.51. The number of fused-ring (bicyclic) bond motifs is 1. The average Bonchev–Trinajstić information content (AvgIpc) is 2.64. The number of hydrogen-bond acceptors (Lipinski definition) is 4. The minimum atomic E-state index is -0.478. The molecule has 1 amide bonds. The van der Waals surface area contributed by atoms with Gasteiger partial charge in [0, 0.05) is 22.2 Å². The van der Waals surface area contributed by atoms with Gasteiger partial charge in [-0.3, -0.25) is 14.9 Å². The van der Waals surface area contributed by atoms with Crippen molar-refractivity contribution < 1.29 is 9.72 Å². The number of rotatable bonds is 5. The molecule has 0 saturated carbocycles. The summed E-state index contributed by atoms with van der Waals surface area (Å²) in [6.45, 7) is 0. The maximum atomic E-state index is 12.2. The molecule has 0 fully saturated rings. The van der Waals surface area contributed by atoms with E-state index in [1.54, 1.807) is 12.1 Å². The lowest BCUT2D eigenvalue weighted by atomic mass is 10.0. The number of hydrazone groups is 1. The van der Waals surface area contributed by atoms with Crippen molar-refractivity contribution >= 4 is 44.5 Å². The average molecular weight is 412 g/mol. The van der Waals surface area contributed by atoms with Gasteiger partial charge < -0.3 is 0 Å². The first-order valence-corrected chi connectivity index (χ1v) is 8.56. The van der Waals surface area contributed by atoms with Crippen molar-refractivity contribution in [2.24, 2.45) is 5.10 Å². The van der Waals surface area contributed by atoms with Crippen molar-refractivity contribution in [3.8, 4) is 0 Å². The second-order valence-corrected chi connectivity index (χ2v) is 6.43. The Kier molecular flexibility index (Phi) is 5.38. The Morgan fingerprint density at radius 2 is 1.88 bits per heavy atom. The highest BCUT2D eigenvalue weighted by Crippen LogP contribution is 2.27. The summed E-state index contributed by atoms with van der Waals surface area (Å²) in [6.07, 6.45) is 1.56. The van der Waals surface area contributed by atoms with E-state index in [4.69, 9.17) is 0 Å². The smallest absolute Gasteiger partial charge is 0.270 e. The molecule has 0 aromatic heterocycles. The molecule has 6 nitrogen and oxygen atoms in total. The zero-order valence-corrected chi connectivity index (χ0v) is 15.1. The van der Waals surface area contributed by atoms with Crippen LogP contribution in [0.2, 0.25) is 0 Å². The molecule has 0 aliphatic carbocycles. The Morgan fingerprint density at radius 1 is 1.12 bits per heavy atom. The fourth-order valence-electron chi connectivity index (χ4n) is 2.59. The summed E-state index contributed by atoms with van der Waals surface area (Å²) in [6, 6.07) is 17.7. The molecule has 1 N–H and O–H groups in total. The molecule has 3 rings (SSSR count). The van der Waals surface area contributed by atoms with E-state index >= 15 is 0 Å². The Hall–Kier alpha value is -3.06. The van der Waals surface area contributed by atoms with E-state index in [1.807, 2.05) is 36.4 Å². The molecule has 0 spiro atoms. The molecule has 3 aromatic rings. The zero-order valence-electron chi connectivity index (χ0n) is 13.6. The van der Waals surface area contributed by atoms with Gasteiger partial charge in [0.25, 0.3) is 5.69 Å². The summed E-state index contributed by atoms with van der Waals surface area (Å²) in [5.41, 5.74) is 3.86. The molecule has 0 unspecified atom stereocenters. The van der Waals surface area contributed by atoms with Gasteiger partial charge in [-0.25, -0.2) is 5.43 Å². The Morgan fingerprint density at radius 3 is 2.65 bits per heavy atom. The highest BCUT2D eigenvalue weighted by Gasteiger charge is 2.08. The molecule has 0 radical (unpaired) electrons. The number of halogens is 1. The summed E-state index contributed by atoms with van der Waals surface area (Å²) in [7, 11) is 0. The van der Waals surface area contributed by atoms with Crippen LogP contribution in [0.5, 0.6) is 0 Å². The van der Waals surface area contributed by atoms with E-state index in [-0.39, 0.29) is 18.0 Å². The highest BCUT2D eigenvalue weighted by atomic mass is 79.9. The van der Waals surface area contributed by atoms with Gasteiger partial charge in [0.05, 0.1) is 17.6 Å². The number of nitrogens with zero attached hydrogens (tertiary/aromatic N) is 2. The lowest BCUT2D eigenvalue weighted by Crippen LogP contribution is -2.19. The third kappa shape index (κ3) is 4.12. The van der Waals surface area contributed by atoms with Gasteiger partial charge >= 0.3 is 0 Å². The number of benzene rings is 3. The molecule has 3 aromatic carbocycles. The van der Waals surface area contributed by atoms with Crippen LogP contribution >= 0.6 is 15.9 Å². The van der Waals surface area contributed by atoms with E-state index in [9.17, 15) is 14.9 Å². The molecule has 0 bridgehead atoms. The second kappa shape index (κ2) is 7.88. The first-order valence-electron chi connectivity index (χ1n) is 7.77. The zero-order chi connectivity index (χ0) is 18.5. The topological polar surface area (TPSA) is 84.6 Å². The highest BCUT2D eigenvalue weighted by molar-refractivity contribution is 9.10. The fraction of sp³-hybridized carbons (Fsp3) is 0.0526. The van der Waals surface area contributed by atoms with Crippen molar-refractivity contribution in [3.05, 3.63) is 86.4 Å². The monoisotopic (exact) mass is 411 g/mol. The van der Waals surface area contributed by atoms with Gasteiger partial charge in [-0.2, -0.15) is 5.10 Å². The normalized spacial score (nSPS) is 11.0. The molecule has 130 valence electrons. The number of amides is 1. The summed E-state index contributed by atoms with van der Waals surface area (Å²) < 4.78 is 0.973. The molecule has 0 saturated heterocycles. The standard InChI is InChI=1S/C19H14BrN3O3/c20-18-9-8-14(16-6-1-2-7-17(16)18)11-19(24)22-21-12-13-4-3-5-15(10-13)23(25)26/h1-10,12H,11H2,(H,22,24)/b21-12+. The molecule has 26 heavy (non-hydrogen) atoms. The molecular weight excluding hydrogens is 398 g/mol. The van der Waals surface area contributed by atoms with Crippen molar-refractivity contribution in [2.75, 3.05) is 0 Å². The van der Waals surface area contributed by atoms with Crippen LogP contribution in [0.1, 0.15) is 11.1 Å². The lowest BCUT2D eigenvalue weighted by Gasteiger charge is -2.07. The SMILES string of the molecule is O=C(Cc1ccc(Br)c2ccccc12)N/N=C/c1cccc([N+](=O)[O-])c1. The van der Waals surface area contributed by atoms with Crippen LogP contribution in [-0.2, 0) is 11.2 Å². The molecule has 0 heterocycles. The number of hydrogen-bond donors (Lipinski definition) is 1. The number of nitro benzene ring substituents is 1. The van der Waals surface area contributed by atoms with Crippen LogP contribution < -0.4 is 5.43 Å². The van der Waals surface area contributed by atoms with E-state index in [1.165, 1.54) is 18.3 Å². The van der Waals surface area contributed by atoms with E-state index in [0.29, 0.717) is 5.56 Å².